The van der Waals surface area contributed by atoms with Gasteiger partial charge in [-0.1, -0.05) is 0 Å². The topological polar surface area (TPSA) is 101 Å². The summed E-state index contributed by atoms with van der Waals surface area (Å²) in [6.45, 7) is 0. The standard InChI is InChI=1S/Li.H3O4P.2O.V.H/c;1-5(2,3)4;;;;/h;(H3,1,2,3,4);;;;/q;;;;+1;/p-1. The van der Waals surface area contributed by atoms with Crippen molar-refractivity contribution in [2.45, 2.75) is 0 Å². The molecule has 0 aromatic rings. The van der Waals surface area contributed by atoms with Gasteiger partial charge in [-0.05, 0) is 0 Å². The zero-order valence-electron chi connectivity index (χ0n) is 3.42. The predicted octanol–water partition coefficient (Wildman–Crippen LogP) is -1.33. The zero-order valence-corrected chi connectivity index (χ0v) is 5.71. The summed E-state index contributed by atoms with van der Waals surface area (Å²) in [4.78, 5) is 15.4. The summed E-state index contributed by atoms with van der Waals surface area (Å²) in [6.07, 6.45) is 0. The molecule has 50 valence electrons. The maximum absolute atomic E-state index is 9.55. The molecule has 0 radical (unpaired) electrons. The van der Waals surface area contributed by atoms with Crippen LogP contribution in [0, 0.1) is 0 Å². The fourth-order valence-corrected chi connectivity index (χ4v) is 1.07. The Labute approximate surface area is 67.4 Å². The summed E-state index contributed by atoms with van der Waals surface area (Å²) < 4.78 is 31.5. The van der Waals surface area contributed by atoms with Gasteiger partial charge in [0.15, 0.2) is 0 Å². The van der Waals surface area contributed by atoms with E-state index < -0.39 is 23.2 Å². The summed E-state index contributed by atoms with van der Waals surface area (Å²) in [6, 6.07) is 0. The molecular formula is H3LiO6PV. The minimum atomic E-state index is -4.78. The van der Waals surface area contributed by atoms with E-state index in [4.69, 9.17) is 9.79 Å². The normalized spacial score (nSPS) is 10.0. The van der Waals surface area contributed by atoms with Gasteiger partial charge in [0.2, 0.25) is 0 Å². The van der Waals surface area contributed by atoms with E-state index in [-0.39, 0.29) is 18.9 Å². The van der Waals surface area contributed by atoms with Crippen molar-refractivity contribution in [3.63, 3.8) is 0 Å². The first kappa shape index (κ1) is 12.6. The van der Waals surface area contributed by atoms with Gasteiger partial charge in [-0.2, -0.15) is 0 Å². The summed E-state index contributed by atoms with van der Waals surface area (Å²) >= 11 is -4.12. The molecule has 9 heteroatoms. The van der Waals surface area contributed by atoms with Gasteiger partial charge in [-0.3, -0.25) is 0 Å². The van der Waals surface area contributed by atoms with Crippen LogP contribution in [0.2, 0.25) is 0 Å². The SMILES string of the molecule is [LiH].[O]=[V](=[O])[O]P(=O)(O)O. The van der Waals surface area contributed by atoms with Crippen molar-refractivity contribution in [3.8, 4) is 0 Å². The molecule has 0 aromatic carbocycles. The third kappa shape index (κ3) is 12.2. The molecule has 0 aromatic heterocycles. The summed E-state index contributed by atoms with van der Waals surface area (Å²) in [5.74, 6) is 0. The van der Waals surface area contributed by atoms with Crippen LogP contribution in [0.1, 0.15) is 0 Å². The Bertz CT molecular complexity index is 167. The summed E-state index contributed by atoms with van der Waals surface area (Å²) in [7, 11) is -4.78. The van der Waals surface area contributed by atoms with Gasteiger partial charge in [0.25, 0.3) is 0 Å². The van der Waals surface area contributed by atoms with Crippen molar-refractivity contribution in [2.24, 2.45) is 0 Å². The number of phosphoric acid groups is 1. The Morgan fingerprint density at radius 2 is 1.67 bits per heavy atom. The third-order valence-electron chi connectivity index (χ3n) is 0.173. The fourth-order valence-electron chi connectivity index (χ4n) is 0.0868. The van der Waals surface area contributed by atoms with Crippen LogP contribution in [0.3, 0.4) is 0 Å². The predicted molar refractivity (Wildman–Crippen MR) is 21.7 cm³/mol. The molecule has 0 atom stereocenters. The average molecular weight is 188 g/mol. The second-order valence-corrected chi connectivity index (χ2v) is 3.40. The molecule has 2 N–H and O–H groups in total. The first-order valence-corrected chi connectivity index (χ1v) is 4.55. The molecule has 0 saturated heterocycles. The quantitative estimate of drug-likeness (QED) is 0.411. The second kappa shape index (κ2) is 4.67. The van der Waals surface area contributed by atoms with Crippen LogP contribution in [-0.4, -0.2) is 28.6 Å². The van der Waals surface area contributed by atoms with Crippen LogP contribution in [-0.2, 0) is 30.8 Å². The Morgan fingerprint density at radius 1 is 1.33 bits per heavy atom. The first-order chi connectivity index (χ1) is 3.42. The molecule has 0 unspecified atom stereocenters. The van der Waals surface area contributed by atoms with Crippen molar-refractivity contribution in [1.29, 1.82) is 0 Å². The monoisotopic (exact) mass is 188 g/mol. The minimum absolute atomic E-state index is 0. The van der Waals surface area contributed by atoms with Gasteiger partial charge in [-0.15, -0.1) is 0 Å². The first-order valence-electron chi connectivity index (χ1n) is 1.31. The van der Waals surface area contributed by atoms with Gasteiger partial charge in [0, 0.05) is 0 Å². The van der Waals surface area contributed by atoms with Crippen molar-refractivity contribution < 1.29 is 40.5 Å². The molecule has 0 rings (SSSR count). The van der Waals surface area contributed by atoms with Crippen LogP contribution in [0.4, 0.5) is 0 Å². The van der Waals surface area contributed by atoms with Crippen LogP contribution in [0.25, 0.3) is 0 Å². The van der Waals surface area contributed by atoms with Crippen LogP contribution in [0.5, 0.6) is 0 Å². The Balaban J connectivity index is 0. The van der Waals surface area contributed by atoms with E-state index in [1.54, 1.807) is 0 Å². The van der Waals surface area contributed by atoms with E-state index in [0.29, 0.717) is 0 Å². The summed E-state index contributed by atoms with van der Waals surface area (Å²) in [5, 5.41) is 0. The molecule has 0 heterocycles. The van der Waals surface area contributed by atoms with Crippen LogP contribution < -0.4 is 0 Å². The maximum atomic E-state index is 9.55. The number of rotatable bonds is 2. The van der Waals surface area contributed by atoms with Gasteiger partial charge < -0.3 is 0 Å². The molecule has 0 bridgehead atoms. The molecular weight excluding hydrogens is 185 g/mol. The molecule has 9 heavy (non-hydrogen) atoms. The fraction of sp³-hybridized carbons (Fsp3) is 0. The number of hydrogen-bond donors (Lipinski definition) is 2. The van der Waals surface area contributed by atoms with E-state index in [1.165, 1.54) is 0 Å². The van der Waals surface area contributed by atoms with Crippen molar-refractivity contribution in [2.75, 3.05) is 0 Å². The second-order valence-electron chi connectivity index (χ2n) is 0.796. The number of hydrogen-bond acceptors (Lipinski definition) is 4. The molecule has 0 amide bonds. The van der Waals surface area contributed by atoms with Crippen molar-refractivity contribution >= 4 is 26.7 Å². The average Bonchev–Trinajstić information content (AvgIpc) is 1.21. The van der Waals surface area contributed by atoms with E-state index in [1.807, 2.05) is 0 Å². The van der Waals surface area contributed by atoms with E-state index in [2.05, 4.69) is 3.45 Å². The van der Waals surface area contributed by atoms with Crippen molar-refractivity contribution in [1.82, 2.24) is 0 Å². The Kier molecular flexibility index (Phi) is 6.51. The van der Waals surface area contributed by atoms with Gasteiger partial charge >= 0.3 is 67.2 Å². The molecule has 0 aliphatic heterocycles. The Morgan fingerprint density at radius 3 is 1.67 bits per heavy atom. The molecule has 0 saturated carbocycles. The van der Waals surface area contributed by atoms with Gasteiger partial charge in [0.1, 0.15) is 0 Å². The molecule has 0 aliphatic carbocycles. The molecule has 0 fully saturated rings. The molecule has 6 nitrogen and oxygen atoms in total. The Hall–Kier alpha value is 0.892. The van der Waals surface area contributed by atoms with E-state index in [9.17, 15) is 11.9 Å². The zero-order chi connectivity index (χ0) is 6.78. The van der Waals surface area contributed by atoms with Gasteiger partial charge in [-0.25, -0.2) is 0 Å². The molecule has 0 aliphatic rings. The third-order valence-corrected chi connectivity index (χ3v) is 2.14. The van der Waals surface area contributed by atoms with Crippen LogP contribution in [0.15, 0.2) is 0 Å². The van der Waals surface area contributed by atoms with Crippen LogP contribution >= 0.6 is 7.82 Å². The summed E-state index contributed by atoms with van der Waals surface area (Å²) in [5.41, 5.74) is 0. The van der Waals surface area contributed by atoms with E-state index >= 15 is 0 Å². The van der Waals surface area contributed by atoms with Crippen molar-refractivity contribution in [3.05, 3.63) is 0 Å². The van der Waals surface area contributed by atoms with Gasteiger partial charge in [0.05, 0.1) is 0 Å². The van der Waals surface area contributed by atoms with E-state index in [0.717, 1.165) is 0 Å². The molecule has 0 spiro atoms.